The first-order valence-electron chi connectivity index (χ1n) is 10.1. The lowest BCUT2D eigenvalue weighted by molar-refractivity contribution is -0.132. The van der Waals surface area contributed by atoms with Gasteiger partial charge in [-0.05, 0) is 18.2 Å². The zero-order valence-electron chi connectivity index (χ0n) is 18.3. The van der Waals surface area contributed by atoms with Gasteiger partial charge in [0.15, 0.2) is 0 Å². The van der Waals surface area contributed by atoms with Crippen LogP contribution in [0.25, 0.3) is 22.3 Å². The van der Waals surface area contributed by atoms with Gasteiger partial charge >= 0.3 is 6.18 Å². The van der Waals surface area contributed by atoms with E-state index >= 15 is 0 Å². The molecule has 0 spiro atoms. The van der Waals surface area contributed by atoms with Crippen molar-refractivity contribution < 1.29 is 22.6 Å². The zero-order chi connectivity index (χ0) is 23.6. The standard InChI is InChI=1S/C23H22F3N5O2/c1-30-14-15(12-28-30)22-13-27-20-5-4-16(10-21(20)29-22)31(7-6-23(24,25)26)17-8-18(32-2)11-19(9-17)33-3/h4-5,8-14H,6-7H2,1-3H3. The summed E-state index contributed by atoms with van der Waals surface area (Å²) in [7, 11) is 4.78. The summed E-state index contributed by atoms with van der Waals surface area (Å²) >= 11 is 0. The highest BCUT2D eigenvalue weighted by molar-refractivity contribution is 5.82. The lowest BCUT2D eigenvalue weighted by Gasteiger charge is -2.26. The summed E-state index contributed by atoms with van der Waals surface area (Å²) in [6.07, 6.45) is -0.166. The maximum Gasteiger partial charge on any atom is 0.390 e. The first-order valence-corrected chi connectivity index (χ1v) is 10.1. The quantitative estimate of drug-likeness (QED) is 0.383. The number of hydrogen-bond acceptors (Lipinski definition) is 6. The van der Waals surface area contributed by atoms with Crippen LogP contribution in [-0.4, -0.2) is 46.7 Å². The van der Waals surface area contributed by atoms with E-state index in [2.05, 4.69) is 15.1 Å². The van der Waals surface area contributed by atoms with Crippen molar-refractivity contribution in [2.24, 2.45) is 7.05 Å². The summed E-state index contributed by atoms with van der Waals surface area (Å²) in [4.78, 5) is 10.7. The molecule has 0 N–H and O–H groups in total. The van der Waals surface area contributed by atoms with Crippen molar-refractivity contribution in [1.29, 1.82) is 0 Å². The van der Waals surface area contributed by atoms with Crippen LogP contribution in [0.4, 0.5) is 24.5 Å². The molecule has 0 aliphatic heterocycles. The van der Waals surface area contributed by atoms with E-state index in [1.807, 2.05) is 6.20 Å². The number of nitrogens with zero attached hydrogens (tertiary/aromatic N) is 5. The predicted octanol–water partition coefficient (Wildman–Crippen LogP) is 5.14. The average Bonchev–Trinajstić information content (AvgIpc) is 3.24. The van der Waals surface area contributed by atoms with Crippen LogP contribution in [0.2, 0.25) is 0 Å². The molecule has 0 amide bonds. The number of anilines is 2. The Morgan fingerprint density at radius 2 is 1.67 bits per heavy atom. The minimum absolute atomic E-state index is 0.291. The second-order valence-corrected chi connectivity index (χ2v) is 7.42. The van der Waals surface area contributed by atoms with E-state index in [4.69, 9.17) is 9.47 Å². The summed E-state index contributed by atoms with van der Waals surface area (Å²) in [5.41, 5.74) is 3.65. The zero-order valence-corrected chi connectivity index (χ0v) is 18.3. The highest BCUT2D eigenvalue weighted by Crippen LogP contribution is 2.35. The molecule has 33 heavy (non-hydrogen) atoms. The molecule has 0 saturated carbocycles. The van der Waals surface area contributed by atoms with E-state index in [0.29, 0.717) is 39.6 Å². The Kier molecular flexibility index (Phi) is 6.08. The predicted molar refractivity (Wildman–Crippen MR) is 119 cm³/mol. The van der Waals surface area contributed by atoms with Crippen LogP contribution < -0.4 is 14.4 Å². The van der Waals surface area contributed by atoms with Crippen LogP contribution in [0.5, 0.6) is 11.5 Å². The van der Waals surface area contributed by atoms with Gasteiger partial charge in [0.2, 0.25) is 0 Å². The van der Waals surface area contributed by atoms with E-state index in [1.165, 1.54) is 14.2 Å². The fraction of sp³-hybridized carbons (Fsp3) is 0.261. The summed E-state index contributed by atoms with van der Waals surface area (Å²) in [6.45, 7) is -0.291. The van der Waals surface area contributed by atoms with Gasteiger partial charge in [-0.3, -0.25) is 9.67 Å². The molecule has 0 fully saturated rings. The maximum absolute atomic E-state index is 13.1. The minimum atomic E-state index is -4.31. The van der Waals surface area contributed by atoms with Crippen molar-refractivity contribution in [3.8, 4) is 22.8 Å². The van der Waals surface area contributed by atoms with Gasteiger partial charge in [0.05, 0.1) is 49.8 Å². The van der Waals surface area contributed by atoms with Gasteiger partial charge in [0, 0.05) is 54.9 Å². The number of benzene rings is 2. The lowest BCUT2D eigenvalue weighted by Crippen LogP contribution is -2.24. The van der Waals surface area contributed by atoms with Gasteiger partial charge in [0.25, 0.3) is 0 Å². The Labute approximate surface area is 188 Å². The number of ether oxygens (including phenoxy) is 2. The van der Waals surface area contributed by atoms with E-state index < -0.39 is 12.6 Å². The second kappa shape index (κ2) is 8.97. The number of hydrogen-bond donors (Lipinski definition) is 0. The molecular weight excluding hydrogens is 435 g/mol. The van der Waals surface area contributed by atoms with Gasteiger partial charge in [-0.15, -0.1) is 0 Å². The Bertz CT molecular complexity index is 1250. The van der Waals surface area contributed by atoms with Crippen LogP contribution in [0.3, 0.4) is 0 Å². The molecule has 2 aromatic carbocycles. The third kappa shape index (κ3) is 5.16. The Morgan fingerprint density at radius 1 is 0.939 bits per heavy atom. The summed E-state index contributed by atoms with van der Waals surface area (Å²) in [5, 5.41) is 4.15. The lowest BCUT2D eigenvalue weighted by atomic mass is 10.1. The van der Waals surface area contributed by atoms with Gasteiger partial charge in [0.1, 0.15) is 11.5 Å². The number of alkyl halides is 3. The number of methoxy groups -OCH3 is 2. The monoisotopic (exact) mass is 457 g/mol. The summed E-state index contributed by atoms with van der Waals surface area (Å²) < 4.78 is 51.7. The molecule has 7 nitrogen and oxygen atoms in total. The third-order valence-electron chi connectivity index (χ3n) is 5.10. The van der Waals surface area contributed by atoms with Crippen molar-refractivity contribution >= 4 is 22.4 Å². The average molecular weight is 457 g/mol. The molecule has 2 heterocycles. The number of aryl methyl sites for hydroxylation is 1. The topological polar surface area (TPSA) is 65.3 Å². The molecule has 0 aliphatic carbocycles. The van der Waals surface area contributed by atoms with Gasteiger partial charge in [-0.25, -0.2) is 4.98 Å². The highest BCUT2D eigenvalue weighted by atomic mass is 19.4. The van der Waals surface area contributed by atoms with Crippen LogP contribution >= 0.6 is 0 Å². The molecule has 172 valence electrons. The fourth-order valence-corrected chi connectivity index (χ4v) is 3.45. The minimum Gasteiger partial charge on any atom is -0.497 e. The molecule has 0 atom stereocenters. The van der Waals surface area contributed by atoms with Crippen LogP contribution in [0.15, 0.2) is 55.0 Å². The summed E-state index contributed by atoms with van der Waals surface area (Å²) in [6, 6.07) is 10.2. The van der Waals surface area contributed by atoms with Gasteiger partial charge in [-0.2, -0.15) is 18.3 Å². The van der Waals surface area contributed by atoms with Crippen molar-refractivity contribution in [2.75, 3.05) is 25.7 Å². The van der Waals surface area contributed by atoms with E-state index in [-0.39, 0.29) is 6.54 Å². The van der Waals surface area contributed by atoms with Crippen molar-refractivity contribution in [2.45, 2.75) is 12.6 Å². The van der Waals surface area contributed by atoms with E-state index in [1.54, 1.807) is 65.4 Å². The van der Waals surface area contributed by atoms with Gasteiger partial charge < -0.3 is 14.4 Å². The number of fused-ring (bicyclic) bond motifs is 1. The molecule has 0 saturated heterocycles. The molecule has 0 unspecified atom stereocenters. The molecule has 10 heteroatoms. The summed E-state index contributed by atoms with van der Waals surface area (Å²) in [5.74, 6) is 0.946. The molecule has 4 aromatic rings. The van der Waals surface area contributed by atoms with Gasteiger partial charge in [-0.1, -0.05) is 0 Å². The van der Waals surface area contributed by atoms with Crippen LogP contribution in [-0.2, 0) is 7.05 Å². The van der Waals surface area contributed by atoms with Crippen LogP contribution in [0, 0.1) is 0 Å². The largest absolute Gasteiger partial charge is 0.497 e. The Balaban J connectivity index is 1.79. The third-order valence-corrected chi connectivity index (χ3v) is 5.10. The normalized spacial score (nSPS) is 11.6. The number of aromatic nitrogens is 4. The smallest absolute Gasteiger partial charge is 0.390 e. The fourth-order valence-electron chi connectivity index (χ4n) is 3.45. The number of halogens is 3. The van der Waals surface area contributed by atoms with E-state index in [9.17, 15) is 13.2 Å². The Hall–Kier alpha value is -3.82. The molecule has 0 bridgehead atoms. The maximum atomic E-state index is 13.1. The van der Waals surface area contributed by atoms with Crippen molar-refractivity contribution in [3.63, 3.8) is 0 Å². The molecule has 0 radical (unpaired) electrons. The van der Waals surface area contributed by atoms with Crippen molar-refractivity contribution in [1.82, 2.24) is 19.7 Å². The molecule has 2 aromatic heterocycles. The van der Waals surface area contributed by atoms with Crippen molar-refractivity contribution in [3.05, 3.63) is 55.0 Å². The highest BCUT2D eigenvalue weighted by Gasteiger charge is 2.28. The van der Waals surface area contributed by atoms with Crippen LogP contribution in [0.1, 0.15) is 6.42 Å². The molecular formula is C23H22F3N5O2. The molecule has 4 rings (SSSR count). The molecule has 0 aliphatic rings. The first kappa shape index (κ1) is 22.4. The second-order valence-electron chi connectivity index (χ2n) is 7.42. The first-order chi connectivity index (χ1) is 15.8. The number of rotatable bonds is 7. The Morgan fingerprint density at radius 3 is 2.27 bits per heavy atom. The SMILES string of the molecule is COc1cc(OC)cc(N(CCC(F)(F)F)c2ccc3ncc(-c4cnn(C)c4)nc3c2)c1. The van der Waals surface area contributed by atoms with E-state index in [0.717, 1.165) is 5.56 Å².